The van der Waals surface area contributed by atoms with Crippen molar-refractivity contribution in [2.75, 3.05) is 0 Å². The lowest BCUT2D eigenvalue weighted by molar-refractivity contribution is 0.0472. The highest BCUT2D eigenvalue weighted by Gasteiger charge is 2.07. The third kappa shape index (κ3) is 3.85. The van der Waals surface area contributed by atoms with Crippen molar-refractivity contribution in [1.29, 1.82) is 0 Å². The number of ether oxygens (including phenoxy) is 1. The number of aromatic hydroxyl groups is 1. The summed E-state index contributed by atoms with van der Waals surface area (Å²) in [7, 11) is 0. The number of phenolic OH excluding ortho intramolecular Hbond substituents is 1. The summed E-state index contributed by atoms with van der Waals surface area (Å²) in [5, 5.41) is 9.16. The second-order valence-electron chi connectivity index (χ2n) is 4.69. The normalized spacial score (nSPS) is 10.2. The Morgan fingerprint density at radius 3 is 2.20 bits per heavy atom. The summed E-state index contributed by atoms with van der Waals surface area (Å²) in [6.45, 7) is 2.40. The first-order valence-corrected chi connectivity index (χ1v) is 6.73. The van der Waals surface area contributed by atoms with Gasteiger partial charge in [-0.15, -0.1) is 0 Å². The van der Waals surface area contributed by atoms with Crippen molar-refractivity contribution in [3.8, 4) is 5.75 Å². The Hall–Kier alpha value is -2.29. The molecule has 0 aliphatic carbocycles. The van der Waals surface area contributed by atoms with Gasteiger partial charge in [0.1, 0.15) is 12.4 Å². The van der Waals surface area contributed by atoms with Gasteiger partial charge in [0.15, 0.2) is 0 Å². The zero-order chi connectivity index (χ0) is 14.4. The molecule has 20 heavy (non-hydrogen) atoms. The fraction of sp³-hybridized carbons (Fsp3) is 0.235. The van der Waals surface area contributed by atoms with Crippen LogP contribution in [-0.4, -0.2) is 11.1 Å². The molecule has 0 unspecified atom stereocenters. The molecule has 2 rings (SSSR count). The first-order valence-electron chi connectivity index (χ1n) is 6.73. The third-order valence-corrected chi connectivity index (χ3v) is 3.03. The van der Waals surface area contributed by atoms with Crippen LogP contribution in [0.3, 0.4) is 0 Å². The van der Waals surface area contributed by atoms with Crippen LogP contribution in [0.5, 0.6) is 5.75 Å². The first-order chi connectivity index (χ1) is 9.69. The highest BCUT2D eigenvalue weighted by atomic mass is 16.5. The zero-order valence-corrected chi connectivity index (χ0v) is 11.5. The van der Waals surface area contributed by atoms with Crippen LogP contribution in [0.2, 0.25) is 0 Å². The predicted octanol–water partition coefficient (Wildman–Crippen LogP) is 3.70. The van der Waals surface area contributed by atoms with E-state index in [1.54, 1.807) is 12.1 Å². The van der Waals surface area contributed by atoms with Gasteiger partial charge in [0.05, 0.1) is 5.56 Å². The maximum absolute atomic E-state index is 11.8. The van der Waals surface area contributed by atoms with Crippen LogP contribution < -0.4 is 0 Å². The van der Waals surface area contributed by atoms with Crippen molar-refractivity contribution >= 4 is 5.97 Å². The molecule has 0 saturated carbocycles. The summed E-state index contributed by atoms with van der Waals surface area (Å²) in [6.07, 6.45) is 2.18. The Labute approximate surface area is 118 Å². The van der Waals surface area contributed by atoms with E-state index in [1.165, 1.54) is 17.7 Å². The summed E-state index contributed by atoms with van der Waals surface area (Å²) in [6, 6.07) is 14.1. The smallest absolute Gasteiger partial charge is 0.338 e. The van der Waals surface area contributed by atoms with E-state index in [4.69, 9.17) is 9.84 Å². The van der Waals surface area contributed by atoms with Gasteiger partial charge in [0.25, 0.3) is 0 Å². The minimum atomic E-state index is -0.386. The van der Waals surface area contributed by atoms with Gasteiger partial charge < -0.3 is 9.84 Å². The van der Waals surface area contributed by atoms with E-state index in [0.717, 1.165) is 18.4 Å². The minimum Gasteiger partial charge on any atom is -0.508 e. The molecule has 0 bridgehead atoms. The number of aryl methyl sites for hydroxylation is 1. The maximum atomic E-state index is 11.8. The number of carbonyl (C=O) groups excluding carboxylic acids is 1. The van der Waals surface area contributed by atoms with E-state index >= 15 is 0 Å². The predicted molar refractivity (Wildman–Crippen MR) is 77.7 cm³/mol. The minimum absolute atomic E-state index is 0.132. The molecule has 0 aromatic heterocycles. The van der Waals surface area contributed by atoms with Gasteiger partial charge in [0.2, 0.25) is 0 Å². The van der Waals surface area contributed by atoms with Crippen molar-refractivity contribution in [3.63, 3.8) is 0 Å². The maximum Gasteiger partial charge on any atom is 0.338 e. The van der Waals surface area contributed by atoms with Crippen molar-refractivity contribution in [1.82, 2.24) is 0 Å². The molecule has 0 aliphatic heterocycles. The van der Waals surface area contributed by atoms with Crippen LogP contribution in [0.15, 0.2) is 48.5 Å². The summed E-state index contributed by atoms with van der Waals surface area (Å²) < 4.78 is 5.23. The highest BCUT2D eigenvalue weighted by Crippen LogP contribution is 2.12. The van der Waals surface area contributed by atoms with Gasteiger partial charge in [-0.2, -0.15) is 0 Å². The van der Waals surface area contributed by atoms with Crippen LogP contribution in [0.1, 0.15) is 34.8 Å². The Bertz CT molecular complexity index is 556. The van der Waals surface area contributed by atoms with Crippen LogP contribution in [0.25, 0.3) is 0 Å². The average molecular weight is 270 g/mol. The monoisotopic (exact) mass is 270 g/mol. The first kappa shape index (κ1) is 14.1. The Kier molecular flexibility index (Phi) is 4.77. The fourth-order valence-electron chi connectivity index (χ4n) is 1.92. The molecular weight excluding hydrogens is 252 g/mol. The van der Waals surface area contributed by atoms with Crippen molar-refractivity contribution in [3.05, 3.63) is 65.2 Å². The molecule has 3 heteroatoms. The Balaban J connectivity index is 1.91. The lowest BCUT2D eigenvalue weighted by atomic mass is 10.1. The van der Waals surface area contributed by atoms with Crippen molar-refractivity contribution in [2.45, 2.75) is 26.4 Å². The summed E-state index contributed by atoms with van der Waals surface area (Å²) in [5.41, 5.74) is 2.70. The largest absolute Gasteiger partial charge is 0.508 e. The van der Waals surface area contributed by atoms with Gasteiger partial charge in [-0.25, -0.2) is 4.79 Å². The number of carbonyl (C=O) groups is 1. The van der Waals surface area contributed by atoms with E-state index in [0.29, 0.717) is 5.56 Å². The Morgan fingerprint density at radius 1 is 1.00 bits per heavy atom. The quantitative estimate of drug-likeness (QED) is 0.843. The van der Waals surface area contributed by atoms with Crippen LogP contribution in [0.4, 0.5) is 0 Å². The molecule has 0 saturated heterocycles. The number of rotatable bonds is 5. The van der Waals surface area contributed by atoms with E-state index < -0.39 is 0 Å². The van der Waals surface area contributed by atoms with Crippen LogP contribution in [-0.2, 0) is 17.8 Å². The third-order valence-electron chi connectivity index (χ3n) is 3.03. The number of esters is 1. The number of hydrogen-bond donors (Lipinski definition) is 1. The lowest BCUT2D eigenvalue weighted by Gasteiger charge is -2.06. The SMILES string of the molecule is CCCc1ccc(COC(=O)c2ccc(O)cc2)cc1. The summed E-state index contributed by atoms with van der Waals surface area (Å²) >= 11 is 0. The molecule has 0 radical (unpaired) electrons. The second kappa shape index (κ2) is 6.75. The van der Waals surface area contributed by atoms with E-state index in [2.05, 4.69) is 19.1 Å². The topological polar surface area (TPSA) is 46.5 Å². The summed E-state index contributed by atoms with van der Waals surface area (Å²) in [4.78, 5) is 11.8. The van der Waals surface area contributed by atoms with Gasteiger partial charge in [0, 0.05) is 0 Å². The molecule has 0 atom stereocenters. The average Bonchev–Trinajstić information content (AvgIpc) is 2.47. The van der Waals surface area contributed by atoms with Gasteiger partial charge in [-0.3, -0.25) is 0 Å². The number of phenols is 1. The molecule has 0 spiro atoms. The molecule has 1 N–H and O–H groups in total. The van der Waals surface area contributed by atoms with Crippen LogP contribution in [0, 0.1) is 0 Å². The number of benzene rings is 2. The standard InChI is InChI=1S/C17H18O3/c1-2-3-13-4-6-14(7-5-13)12-20-17(19)15-8-10-16(18)11-9-15/h4-11,18H,2-3,12H2,1H3. The molecule has 3 nitrogen and oxygen atoms in total. The molecular formula is C17H18O3. The van der Waals surface area contributed by atoms with Crippen LogP contribution >= 0.6 is 0 Å². The van der Waals surface area contributed by atoms with E-state index in [9.17, 15) is 4.79 Å². The Morgan fingerprint density at radius 2 is 1.60 bits per heavy atom. The number of hydrogen-bond acceptors (Lipinski definition) is 3. The molecule has 0 amide bonds. The second-order valence-corrected chi connectivity index (χ2v) is 4.69. The zero-order valence-electron chi connectivity index (χ0n) is 11.5. The molecule has 0 heterocycles. The lowest BCUT2D eigenvalue weighted by Crippen LogP contribution is -2.04. The van der Waals surface area contributed by atoms with E-state index in [-0.39, 0.29) is 18.3 Å². The van der Waals surface area contributed by atoms with Gasteiger partial charge >= 0.3 is 5.97 Å². The van der Waals surface area contributed by atoms with Gasteiger partial charge in [-0.1, -0.05) is 37.6 Å². The van der Waals surface area contributed by atoms with E-state index in [1.807, 2.05) is 12.1 Å². The van der Waals surface area contributed by atoms with Gasteiger partial charge in [-0.05, 0) is 41.8 Å². The van der Waals surface area contributed by atoms with Crippen molar-refractivity contribution < 1.29 is 14.6 Å². The molecule has 0 fully saturated rings. The molecule has 2 aromatic rings. The molecule has 2 aromatic carbocycles. The highest BCUT2D eigenvalue weighted by molar-refractivity contribution is 5.89. The molecule has 104 valence electrons. The summed E-state index contributed by atoms with van der Waals surface area (Å²) in [5.74, 6) is -0.254. The fourth-order valence-corrected chi connectivity index (χ4v) is 1.92. The molecule has 0 aliphatic rings. The van der Waals surface area contributed by atoms with Crippen molar-refractivity contribution in [2.24, 2.45) is 0 Å².